The van der Waals surface area contributed by atoms with E-state index in [2.05, 4.69) is 10.8 Å². The van der Waals surface area contributed by atoms with E-state index < -0.39 is 21.7 Å². The molecule has 1 heterocycles. The number of amides is 1. The van der Waals surface area contributed by atoms with Gasteiger partial charge in [-0.1, -0.05) is 18.2 Å². The highest BCUT2D eigenvalue weighted by Gasteiger charge is 2.25. The first-order valence-electron chi connectivity index (χ1n) is 9.81. The summed E-state index contributed by atoms with van der Waals surface area (Å²) in [4.78, 5) is 25.4. The number of likely N-dealkylation sites (tertiary alicyclic amines) is 1. The first-order chi connectivity index (χ1) is 14.7. The minimum atomic E-state index is -4.06. The highest BCUT2D eigenvalue weighted by Crippen LogP contribution is 2.29. The molecule has 2 aromatic rings. The van der Waals surface area contributed by atoms with Crippen LogP contribution >= 0.6 is 0 Å². The third kappa shape index (κ3) is 5.61. The van der Waals surface area contributed by atoms with Gasteiger partial charge < -0.3 is 10.0 Å². The van der Waals surface area contributed by atoms with Crippen molar-refractivity contribution >= 4 is 27.6 Å². The predicted molar refractivity (Wildman–Crippen MR) is 115 cm³/mol. The lowest BCUT2D eigenvalue weighted by atomic mass is 9.89. The normalized spacial score (nSPS) is 14.6. The quantitative estimate of drug-likeness (QED) is 0.709. The number of rotatable bonds is 6. The van der Waals surface area contributed by atoms with Crippen molar-refractivity contribution in [3.05, 3.63) is 64.7 Å². The number of nitriles is 1. The largest absolute Gasteiger partial charge is 0.480 e. The van der Waals surface area contributed by atoms with E-state index in [1.807, 2.05) is 12.1 Å². The van der Waals surface area contributed by atoms with Crippen molar-refractivity contribution < 1.29 is 23.1 Å². The van der Waals surface area contributed by atoms with Crippen LogP contribution < -0.4 is 4.72 Å². The van der Waals surface area contributed by atoms with Crippen LogP contribution in [0.2, 0.25) is 0 Å². The van der Waals surface area contributed by atoms with E-state index in [4.69, 9.17) is 10.4 Å². The van der Waals surface area contributed by atoms with Crippen LogP contribution in [0.5, 0.6) is 0 Å². The fourth-order valence-electron chi connectivity index (χ4n) is 3.66. The molecule has 1 amide bonds. The van der Waals surface area contributed by atoms with Crippen molar-refractivity contribution in [1.82, 2.24) is 4.90 Å². The number of nitrogens with zero attached hydrogens (tertiary/aromatic N) is 2. The van der Waals surface area contributed by atoms with Gasteiger partial charge in [0.2, 0.25) is 10.0 Å². The summed E-state index contributed by atoms with van der Waals surface area (Å²) in [6.07, 6.45) is 1.59. The van der Waals surface area contributed by atoms with Gasteiger partial charge in [0.1, 0.15) is 0 Å². The molecule has 9 heteroatoms. The molecule has 3 rings (SSSR count). The van der Waals surface area contributed by atoms with Gasteiger partial charge in [0, 0.05) is 18.7 Å². The summed E-state index contributed by atoms with van der Waals surface area (Å²) in [5, 5.41) is 17.7. The van der Waals surface area contributed by atoms with Crippen molar-refractivity contribution in [2.24, 2.45) is 0 Å². The van der Waals surface area contributed by atoms with E-state index in [-0.39, 0.29) is 11.6 Å². The van der Waals surface area contributed by atoms with Crippen molar-refractivity contribution in [3.8, 4) is 6.07 Å². The molecule has 0 bridgehead atoms. The number of anilines is 1. The Balaban J connectivity index is 1.68. The van der Waals surface area contributed by atoms with Gasteiger partial charge in [-0.25, -0.2) is 8.42 Å². The fraction of sp³-hybridized carbons (Fsp3) is 0.318. The lowest BCUT2D eigenvalue weighted by Gasteiger charge is -2.32. The Bertz CT molecular complexity index is 1130. The minimum Gasteiger partial charge on any atom is -0.480 e. The van der Waals surface area contributed by atoms with Crippen LogP contribution in [-0.4, -0.2) is 49.1 Å². The highest BCUT2D eigenvalue weighted by molar-refractivity contribution is 7.93. The Labute approximate surface area is 181 Å². The van der Waals surface area contributed by atoms with Crippen LogP contribution in [0.1, 0.15) is 45.8 Å². The lowest BCUT2D eigenvalue weighted by Crippen LogP contribution is -2.38. The van der Waals surface area contributed by atoms with E-state index in [0.717, 1.165) is 18.4 Å². The molecular weight excluding hydrogens is 418 g/mol. The number of carbonyl (C=O) groups excluding carboxylic acids is 1. The number of carboxylic acids is 1. The number of carboxylic acid groups (broad SMARTS) is 1. The van der Waals surface area contributed by atoms with E-state index in [9.17, 15) is 18.0 Å². The summed E-state index contributed by atoms with van der Waals surface area (Å²) in [6.45, 7) is 2.81. The second kappa shape index (κ2) is 9.18. The molecule has 2 N–H and O–H groups in total. The predicted octanol–water partition coefficient (Wildman–Crippen LogP) is 2.71. The lowest BCUT2D eigenvalue weighted by molar-refractivity contribution is -0.134. The van der Waals surface area contributed by atoms with Gasteiger partial charge in [0.25, 0.3) is 5.91 Å². The summed E-state index contributed by atoms with van der Waals surface area (Å²) >= 11 is 0. The van der Waals surface area contributed by atoms with Crippen LogP contribution in [0.15, 0.2) is 42.5 Å². The Hall–Kier alpha value is -3.38. The molecule has 0 atom stereocenters. The number of aliphatic carboxylic acids is 1. The van der Waals surface area contributed by atoms with Gasteiger partial charge in [-0.3, -0.25) is 14.3 Å². The van der Waals surface area contributed by atoms with Gasteiger partial charge in [0.05, 0.1) is 17.3 Å². The zero-order chi connectivity index (χ0) is 22.6. The molecule has 0 aliphatic carbocycles. The molecule has 0 aromatic heterocycles. The first kappa shape index (κ1) is 22.3. The number of hydrogen-bond donors (Lipinski definition) is 2. The number of hydrogen-bond acceptors (Lipinski definition) is 5. The van der Waals surface area contributed by atoms with Crippen LogP contribution in [-0.2, 0) is 14.8 Å². The summed E-state index contributed by atoms with van der Waals surface area (Å²) in [5.41, 5.74) is 2.89. The number of carbonyl (C=O) groups is 2. The second-order valence-electron chi connectivity index (χ2n) is 7.58. The molecule has 0 radical (unpaired) electrons. The number of benzene rings is 2. The van der Waals surface area contributed by atoms with Gasteiger partial charge in [-0.2, -0.15) is 5.26 Å². The van der Waals surface area contributed by atoms with Crippen molar-refractivity contribution in [3.63, 3.8) is 0 Å². The molecule has 8 nitrogen and oxygen atoms in total. The maximum absolute atomic E-state index is 13.0. The maximum Gasteiger partial charge on any atom is 0.320 e. The zero-order valence-electron chi connectivity index (χ0n) is 17.0. The first-order valence-corrected chi connectivity index (χ1v) is 11.5. The SMILES string of the molecule is Cc1ccc(C(=O)N2CCC(c3ccc(C#N)cc3)CC2)cc1NS(=O)(=O)CC(=O)O. The molecule has 1 aliphatic rings. The summed E-state index contributed by atoms with van der Waals surface area (Å²) < 4.78 is 26.2. The average Bonchev–Trinajstić information content (AvgIpc) is 2.74. The smallest absolute Gasteiger partial charge is 0.320 e. The van der Waals surface area contributed by atoms with Crippen molar-refractivity contribution in [2.45, 2.75) is 25.7 Å². The number of sulfonamides is 1. The molecule has 0 spiro atoms. The highest BCUT2D eigenvalue weighted by atomic mass is 32.2. The topological polar surface area (TPSA) is 128 Å². The fourth-order valence-corrected chi connectivity index (χ4v) is 4.61. The van der Waals surface area contributed by atoms with Gasteiger partial charge >= 0.3 is 5.97 Å². The molecule has 1 saturated heterocycles. The third-order valence-corrected chi connectivity index (χ3v) is 6.51. The maximum atomic E-state index is 13.0. The average molecular weight is 442 g/mol. The van der Waals surface area contributed by atoms with Crippen LogP contribution in [0, 0.1) is 18.3 Å². The number of nitrogens with one attached hydrogen (secondary N) is 1. The Morgan fingerprint density at radius 1 is 1.16 bits per heavy atom. The molecule has 0 saturated carbocycles. The summed E-state index contributed by atoms with van der Waals surface area (Å²) in [6, 6.07) is 14.3. The van der Waals surface area contributed by atoms with Gasteiger partial charge in [-0.05, 0) is 61.1 Å². The van der Waals surface area contributed by atoms with Crippen LogP contribution in [0.4, 0.5) is 5.69 Å². The van der Waals surface area contributed by atoms with Crippen LogP contribution in [0.3, 0.4) is 0 Å². The Morgan fingerprint density at radius 3 is 2.39 bits per heavy atom. The van der Waals surface area contributed by atoms with E-state index in [0.29, 0.717) is 35.7 Å². The molecule has 31 heavy (non-hydrogen) atoms. The van der Waals surface area contributed by atoms with Crippen molar-refractivity contribution in [2.75, 3.05) is 23.6 Å². The van der Waals surface area contributed by atoms with E-state index >= 15 is 0 Å². The third-order valence-electron chi connectivity index (χ3n) is 5.36. The standard InChI is InChI=1S/C22H23N3O5S/c1-15-2-5-19(12-20(15)24-31(29,30)14-21(26)27)22(28)25-10-8-18(9-11-25)17-6-3-16(13-23)4-7-17/h2-7,12,18,24H,8-11,14H2,1H3,(H,26,27). The van der Waals surface area contributed by atoms with E-state index in [1.54, 1.807) is 36.1 Å². The zero-order valence-corrected chi connectivity index (χ0v) is 17.9. The van der Waals surface area contributed by atoms with Gasteiger partial charge in [-0.15, -0.1) is 0 Å². The monoisotopic (exact) mass is 441 g/mol. The molecule has 0 unspecified atom stereocenters. The van der Waals surface area contributed by atoms with Crippen LogP contribution in [0.25, 0.3) is 0 Å². The molecule has 2 aromatic carbocycles. The number of piperidine rings is 1. The molecule has 1 aliphatic heterocycles. The minimum absolute atomic E-state index is 0.194. The number of aryl methyl sites for hydroxylation is 1. The molecule has 162 valence electrons. The second-order valence-corrected chi connectivity index (χ2v) is 9.31. The summed E-state index contributed by atoms with van der Waals surface area (Å²) in [5.74, 6) is -2.39. The molecule has 1 fully saturated rings. The van der Waals surface area contributed by atoms with E-state index in [1.165, 1.54) is 6.07 Å². The van der Waals surface area contributed by atoms with Gasteiger partial charge in [0.15, 0.2) is 5.75 Å². The van der Waals surface area contributed by atoms with Crippen molar-refractivity contribution in [1.29, 1.82) is 5.26 Å². The Kier molecular flexibility index (Phi) is 6.61. The molecular formula is C22H23N3O5S. The summed E-state index contributed by atoms with van der Waals surface area (Å²) in [7, 11) is -4.06. The Morgan fingerprint density at radius 2 is 1.81 bits per heavy atom.